The van der Waals surface area contributed by atoms with Gasteiger partial charge in [-0.15, -0.1) is 0 Å². The molecule has 1 aliphatic rings. The maximum absolute atomic E-state index is 12.4. The van der Waals surface area contributed by atoms with Gasteiger partial charge < -0.3 is 9.80 Å². The van der Waals surface area contributed by atoms with Gasteiger partial charge >= 0.3 is 0 Å². The number of nitrogens with zero attached hydrogens (tertiary/aromatic N) is 4. The second kappa shape index (κ2) is 4.78. The Morgan fingerprint density at radius 3 is 2.60 bits per heavy atom. The summed E-state index contributed by atoms with van der Waals surface area (Å²) in [6, 6.07) is 4.12. The van der Waals surface area contributed by atoms with Crippen molar-refractivity contribution in [1.29, 1.82) is 5.26 Å². The van der Waals surface area contributed by atoms with Crippen molar-refractivity contribution in [3.8, 4) is 6.07 Å². The highest BCUT2D eigenvalue weighted by Gasteiger charge is 2.42. The number of nitriles is 1. The lowest BCUT2D eigenvalue weighted by atomic mass is 9.96. The van der Waals surface area contributed by atoms with E-state index in [2.05, 4.69) is 11.1 Å². The maximum Gasteiger partial charge on any atom is 0.247 e. The van der Waals surface area contributed by atoms with Crippen LogP contribution < -0.4 is 4.90 Å². The van der Waals surface area contributed by atoms with E-state index in [1.54, 1.807) is 4.90 Å². The molecule has 1 aromatic rings. The predicted octanol–water partition coefficient (Wildman–Crippen LogP) is 1.63. The van der Waals surface area contributed by atoms with E-state index in [1.807, 2.05) is 45.7 Å². The van der Waals surface area contributed by atoms with Gasteiger partial charge in [0.1, 0.15) is 17.4 Å². The molecule has 2 rings (SSSR count). The third-order valence-electron chi connectivity index (χ3n) is 3.90. The van der Waals surface area contributed by atoms with E-state index in [0.29, 0.717) is 24.5 Å². The topological polar surface area (TPSA) is 60.2 Å². The van der Waals surface area contributed by atoms with Crippen LogP contribution in [0.4, 0.5) is 5.82 Å². The average molecular weight is 272 g/mol. The summed E-state index contributed by atoms with van der Waals surface area (Å²) in [6.07, 6.45) is 0. The van der Waals surface area contributed by atoms with Gasteiger partial charge in [-0.2, -0.15) is 5.26 Å². The minimum Gasteiger partial charge on any atom is -0.342 e. The van der Waals surface area contributed by atoms with Crippen LogP contribution >= 0.6 is 0 Å². The average Bonchev–Trinajstić information content (AvgIpc) is 2.35. The van der Waals surface area contributed by atoms with Gasteiger partial charge in [0.25, 0.3) is 0 Å². The SMILES string of the molecule is Cc1cc(C)c(C#N)c(N2CCN(C)C(=O)C2(C)C)n1. The molecular formula is C15H20N4O. The van der Waals surface area contributed by atoms with Gasteiger partial charge in [0.05, 0.1) is 5.56 Å². The molecule has 0 aromatic carbocycles. The fourth-order valence-corrected chi connectivity index (χ4v) is 2.73. The summed E-state index contributed by atoms with van der Waals surface area (Å²) in [7, 11) is 1.81. The van der Waals surface area contributed by atoms with Gasteiger partial charge in [0.15, 0.2) is 0 Å². The molecule has 0 aliphatic carbocycles. The second-order valence-corrected chi connectivity index (χ2v) is 5.83. The number of hydrogen-bond acceptors (Lipinski definition) is 4. The number of carbonyl (C=O) groups is 1. The van der Waals surface area contributed by atoms with E-state index < -0.39 is 5.54 Å². The van der Waals surface area contributed by atoms with Crippen molar-refractivity contribution in [2.24, 2.45) is 0 Å². The van der Waals surface area contributed by atoms with E-state index in [4.69, 9.17) is 0 Å². The van der Waals surface area contributed by atoms with E-state index in [-0.39, 0.29) is 5.91 Å². The van der Waals surface area contributed by atoms with Crippen molar-refractivity contribution in [3.63, 3.8) is 0 Å². The summed E-state index contributed by atoms with van der Waals surface area (Å²) in [5.74, 6) is 0.671. The van der Waals surface area contributed by atoms with Gasteiger partial charge in [0.2, 0.25) is 5.91 Å². The number of aromatic nitrogens is 1. The number of amides is 1. The summed E-state index contributed by atoms with van der Waals surface area (Å²) in [5, 5.41) is 9.40. The molecule has 1 aliphatic heterocycles. The van der Waals surface area contributed by atoms with E-state index in [9.17, 15) is 10.1 Å². The smallest absolute Gasteiger partial charge is 0.247 e. The molecule has 20 heavy (non-hydrogen) atoms. The van der Waals surface area contributed by atoms with Crippen LogP contribution in [0.2, 0.25) is 0 Å². The largest absolute Gasteiger partial charge is 0.342 e. The number of piperazine rings is 1. The lowest BCUT2D eigenvalue weighted by Gasteiger charge is -2.45. The van der Waals surface area contributed by atoms with Crippen LogP contribution in [0, 0.1) is 25.2 Å². The number of rotatable bonds is 1. The van der Waals surface area contributed by atoms with Gasteiger partial charge in [-0.3, -0.25) is 4.79 Å². The molecule has 0 saturated carbocycles. The van der Waals surface area contributed by atoms with Crippen molar-refractivity contribution >= 4 is 11.7 Å². The Kier molecular flexibility index (Phi) is 3.43. The molecular weight excluding hydrogens is 252 g/mol. The fourth-order valence-electron chi connectivity index (χ4n) is 2.73. The molecule has 0 bridgehead atoms. The molecule has 0 atom stereocenters. The standard InChI is InChI=1S/C15H20N4O/c1-10-8-11(2)17-13(12(10)9-16)19-7-6-18(5)14(20)15(19,3)4/h8H,6-7H2,1-5H3. The first-order chi connectivity index (χ1) is 9.28. The number of anilines is 1. The first kappa shape index (κ1) is 14.3. The molecule has 1 amide bonds. The monoisotopic (exact) mass is 272 g/mol. The Morgan fingerprint density at radius 2 is 2.00 bits per heavy atom. The minimum atomic E-state index is -0.689. The van der Waals surface area contributed by atoms with Gasteiger partial charge in [-0.05, 0) is 39.3 Å². The first-order valence-electron chi connectivity index (χ1n) is 6.70. The number of likely N-dealkylation sites (N-methyl/N-ethyl adjacent to an activating group) is 1. The lowest BCUT2D eigenvalue weighted by Crippen LogP contribution is -2.62. The van der Waals surface area contributed by atoms with E-state index in [0.717, 1.165) is 11.3 Å². The number of pyridine rings is 1. The van der Waals surface area contributed by atoms with Crippen LogP contribution in [0.5, 0.6) is 0 Å². The third kappa shape index (κ3) is 2.11. The molecule has 1 saturated heterocycles. The minimum absolute atomic E-state index is 0.0496. The third-order valence-corrected chi connectivity index (χ3v) is 3.90. The van der Waals surface area contributed by atoms with E-state index in [1.165, 1.54) is 0 Å². The summed E-state index contributed by atoms with van der Waals surface area (Å²) in [6.45, 7) is 8.89. The van der Waals surface area contributed by atoms with Gasteiger partial charge in [0, 0.05) is 25.8 Å². The molecule has 1 fully saturated rings. The summed E-state index contributed by atoms with van der Waals surface area (Å²) < 4.78 is 0. The molecule has 0 N–H and O–H groups in total. The van der Waals surface area contributed by atoms with Crippen molar-refractivity contribution in [2.45, 2.75) is 33.2 Å². The highest BCUT2D eigenvalue weighted by Crippen LogP contribution is 2.31. The Balaban J connectivity index is 2.57. The van der Waals surface area contributed by atoms with Crippen molar-refractivity contribution < 1.29 is 4.79 Å². The highest BCUT2D eigenvalue weighted by atomic mass is 16.2. The zero-order chi connectivity index (χ0) is 15.1. The summed E-state index contributed by atoms with van der Waals surface area (Å²) in [5.41, 5.74) is 1.63. The van der Waals surface area contributed by atoms with Crippen LogP contribution in [0.15, 0.2) is 6.07 Å². The Hall–Kier alpha value is -2.09. The van der Waals surface area contributed by atoms with Crippen LogP contribution in [-0.2, 0) is 4.79 Å². The van der Waals surface area contributed by atoms with Gasteiger partial charge in [-0.1, -0.05) is 0 Å². The lowest BCUT2D eigenvalue weighted by molar-refractivity contribution is -0.136. The summed E-state index contributed by atoms with van der Waals surface area (Å²) in [4.78, 5) is 20.6. The molecule has 0 unspecified atom stereocenters. The first-order valence-corrected chi connectivity index (χ1v) is 6.70. The number of carbonyl (C=O) groups excluding carboxylic acids is 1. The van der Waals surface area contributed by atoms with E-state index >= 15 is 0 Å². The van der Waals surface area contributed by atoms with Crippen molar-refractivity contribution in [1.82, 2.24) is 9.88 Å². The quantitative estimate of drug-likeness (QED) is 0.779. The van der Waals surface area contributed by atoms with Crippen LogP contribution in [0.3, 0.4) is 0 Å². The van der Waals surface area contributed by atoms with Crippen LogP contribution in [0.25, 0.3) is 0 Å². The van der Waals surface area contributed by atoms with Crippen LogP contribution in [-0.4, -0.2) is 41.5 Å². The molecule has 0 radical (unpaired) electrons. The van der Waals surface area contributed by atoms with Crippen molar-refractivity contribution in [2.75, 3.05) is 25.0 Å². The highest BCUT2D eigenvalue weighted by molar-refractivity contribution is 5.90. The number of aryl methyl sites for hydroxylation is 2. The number of hydrogen-bond donors (Lipinski definition) is 0. The van der Waals surface area contributed by atoms with Gasteiger partial charge in [-0.25, -0.2) is 4.98 Å². The molecule has 1 aromatic heterocycles. The maximum atomic E-state index is 12.4. The Labute approximate surface area is 119 Å². The zero-order valence-corrected chi connectivity index (χ0v) is 12.7. The Morgan fingerprint density at radius 1 is 1.35 bits per heavy atom. The fraction of sp³-hybridized carbons (Fsp3) is 0.533. The molecule has 5 heteroatoms. The van der Waals surface area contributed by atoms with Crippen molar-refractivity contribution in [3.05, 3.63) is 22.9 Å². The zero-order valence-electron chi connectivity index (χ0n) is 12.7. The molecule has 5 nitrogen and oxygen atoms in total. The van der Waals surface area contributed by atoms with Crippen LogP contribution in [0.1, 0.15) is 30.7 Å². The second-order valence-electron chi connectivity index (χ2n) is 5.83. The molecule has 0 spiro atoms. The molecule has 2 heterocycles. The normalized spacial score (nSPS) is 18.1. The summed E-state index contributed by atoms with van der Waals surface area (Å²) >= 11 is 0. The Bertz CT molecular complexity index is 601. The molecule has 106 valence electrons. The predicted molar refractivity (Wildman–Crippen MR) is 77.5 cm³/mol.